The van der Waals surface area contributed by atoms with Crippen molar-refractivity contribution in [3.63, 3.8) is 0 Å². The highest BCUT2D eigenvalue weighted by Gasteiger charge is 2.38. The normalized spacial score (nSPS) is 14.7. The fraction of sp³-hybridized carbons (Fsp3) is 0.350. The molecule has 1 fully saturated rings. The van der Waals surface area contributed by atoms with Crippen molar-refractivity contribution < 1.29 is 36.2 Å². The Morgan fingerprint density at radius 1 is 1.20 bits per heavy atom. The third-order valence-corrected chi connectivity index (χ3v) is 6.99. The van der Waals surface area contributed by atoms with Gasteiger partial charge in [0.15, 0.2) is 6.61 Å². The molecule has 1 aliphatic carbocycles. The highest BCUT2D eigenvalue weighted by atomic mass is 32.2. The number of aliphatic carboxylic acids is 1. The summed E-state index contributed by atoms with van der Waals surface area (Å²) in [5.41, 5.74) is 0.108. The summed E-state index contributed by atoms with van der Waals surface area (Å²) >= 11 is 0. The summed E-state index contributed by atoms with van der Waals surface area (Å²) in [4.78, 5) is 10.9. The zero-order chi connectivity index (χ0) is 22.1. The van der Waals surface area contributed by atoms with Gasteiger partial charge in [-0.3, -0.25) is 0 Å². The second kappa shape index (κ2) is 8.27. The lowest BCUT2D eigenvalue weighted by Gasteiger charge is -2.19. The molecule has 3 rings (SSSR count). The molecule has 0 radical (unpaired) electrons. The first kappa shape index (κ1) is 22.1. The van der Waals surface area contributed by atoms with E-state index in [0.29, 0.717) is 18.4 Å². The first-order valence-corrected chi connectivity index (χ1v) is 10.6. The molecule has 0 atom stereocenters. The maximum atomic E-state index is 13.1. The number of hydrogen-bond acceptors (Lipinski definition) is 4. The molecule has 1 saturated carbocycles. The van der Waals surface area contributed by atoms with Crippen LogP contribution in [0.2, 0.25) is 0 Å². The van der Waals surface area contributed by atoms with Gasteiger partial charge in [-0.15, -0.1) is 0 Å². The average molecular weight is 443 g/mol. The Balaban J connectivity index is 1.98. The Kier molecular flexibility index (Phi) is 6.09. The van der Waals surface area contributed by atoms with Gasteiger partial charge in [-0.25, -0.2) is 17.5 Å². The van der Waals surface area contributed by atoms with E-state index in [4.69, 9.17) is 9.84 Å². The first-order valence-electron chi connectivity index (χ1n) is 9.09. The Morgan fingerprint density at radius 3 is 2.50 bits per heavy atom. The number of rotatable bonds is 8. The molecule has 6 nitrogen and oxygen atoms in total. The summed E-state index contributed by atoms with van der Waals surface area (Å²) in [7, 11) is -1.97. The molecule has 10 heteroatoms. The van der Waals surface area contributed by atoms with E-state index in [0.717, 1.165) is 12.1 Å². The first-order chi connectivity index (χ1) is 14.0. The zero-order valence-electron chi connectivity index (χ0n) is 16.0. The zero-order valence-corrected chi connectivity index (χ0v) is 16.8. The molecular weight excluding hydrogens is 423 g/mol. The number of hydrogen-bond donors (Lipinski definition) is 1. The highest BCUT2D eigenvalue weighted by Crippen LogP contribution is 2.37. The van der Waals surface area contributed by atoms with Crippen molar-refractivity contribution in [2.75, 3.05) is 13.7 Å². The number of sulfonamides is 1. The summed E-state index contributed by atoms with van der Waals surface area (Å²) in [5, 5.41) is 8.48. The predicted octanol–water partition coefficient (Wildman–Crippen LogP) is 3.76. The Morgan fingerprint density at radius 2 is 1.90 bits per heavy atom. The van der Waals surface area contributed by atoms with Crippen LogP contribution in [0.15, 0.2) is 42.5 Å². The summed E-state index contributed by atoms with van der Waals surface area (Å²) in [6.07, 6.45) is -3.32. The van der Waals surface area contributed by atoms with Crippen molar-refractivity contribution in [1.82, 2.24) is 4.31 Å². The second-order valence-electron chi connectivity index (χ2n) is 7.09. The van der Waals surface area contributed by atoms with Crippen LogP contribution in [0.4, 0.5) is 13.2 Å². The van der Waals surface area contributed by atoms with Gasteiger partial charge < -0.3 is 9.84 Å². The van der Waals surface area contributed by atoms with Gasteiger partial charge >= 0.3 is 12.1 Å². The summed E-state index contributed by atoms with van der Waals surface area (Å²) < 4.78 is 70.5. The maximum absolute atomic E-state index is 13.1. The molecule has 162 valence electrons. The number of nitrogens with zero attached hydrogens (tertiary/aromatic N) is 1. The minimum absolute atomic E-state index is 0.0318. The van der Waals surface area contributed by atoms with Crippen molar-refractivity contribution in [3.05, 3.63) is 53.6 Å². The van der Waals surface area contributed by atoms with Crippen LogP contribution in [0, 0.1) is 0 Å². The summed E-state index contributed by atoms with van der Waals surface area (Å²) in [6.45, 7) is -0.634. The Labute approximate surface area is 171 Å². The van der Waals surface area contributed by atoms with Crippen LogP contribution in [0.5, 0.6) is 5.75 Å². The van der Waals surface area contributed by atoms with Gasteiger partial charge in [0.1, 0.15) is 5.75 Å². The van der Waals surface area contributed by atoms with Gasteiger partial charge in [0.05, 0.1) is 10.8 Å². The number of alkyl halides is 3. The van der Waals surface area contributed by atoms with Crippen LogP contribution < -0.4 is 4.74 Å². The van der Waals surface area contributed by atoms with Gasteiger partial charge in [0, 0.05) is 19.2 Å². The predicted molar refractivity (Wildman–Crippen MR) is 103 cm³/mol. The lowest BCUT2D eigenvalue weighted by Crippen LogP contribution is -2.29. The molecule has 0 amide bonds. The van der Waals surface area contributed by atoms with Gasteiger partial charge in [-0.05, 0) is 48.2 Å². The lowest BCUT2D eigenvalue weighted by molar-refractivity contribution is -0.139. The minimum Gasteiger partial charge on any atom is -0.481 e. The lowest BCUT2D eigenvalue weighted by atomic mass is 9.99. The molecule has 0 aromatic heterocycles. The molecule has 0 heterocycles. The number of benzene rings is 2. The van der Waals surface area contributed by atoms with E-state index in [1.807, 2.05) is 0 Å². The van der Waals surface area contributed by atoms with E-state index >= 15 is 0 Å². The quantitative estimate of drug-likeness (QED) is 0.672. The van der Waals surface area contributed by atoms with E-state index in [2.05, 4.69) is 0 Å². The third-order valence-electron chi connectivity index (χ3n) is 4.68. The fourth-order valence-electron chi connectivity index (χ4n) is 3.00. The third kappa shape index (κ3) is 5.11. The van der Waals surface area contributed by atoms with Crippen molar-refractivity contribution in [3.8, 4) is 16.9 Å². The smallest absolute Gasteiger partial charge is 0.416 e. The number of carbonyl (C=O) groups is 1. The van der Waals surface area contributed by atoms with Gasteiger partial charge in [-0.1, -0.05) is 18.2 Å². The average Bonchev–Trinajstić information content (AvgIpc) is 3.52. The minimum atomic E-state index is -4.55. The van der Waals surface area contributed by atoms with Crippen LogP contribution >= 0.6 is 0 Å². The summed E-state index contributed by atoms with van der Waals surface area (Å²) in [6, 6.07) is 9.09. The molecule has 1 N–H and O–H groups in total. The van der Waals surface area contributed by atoms with E-state index < -0.39 is 34.3 Å². The Bertz CT molecular complexity index is 1050. The molecule has 2 aromatic carbocycles. The van der Waals surface area contributed by atoms with Gasteiger partial charge in [0.25, 0.3) is 0 Å². The van der Waals surface area contributed by atoms with Gasteiger partial charge in [0.2, 0.25) is 10.0 Å². The number of carboxylic acids is 1. The van der Waals surface area contributed by atoms with Crippen LogP contribution in [-0.4, -0.2) is 42.7 Å². The SMILES string of the molecule is CN(Cc1ccc(OCC(=O)O)c(-c2cccc(C(F)(F)F)c2)c1)S(=O)(=O)C1CC1. The molecule has 0 bridgehead atoms. The molecule has 1 aliphatic rings. The molecule has 0 saturated heterocycles. The van der Waals surface area contributed by atoms with Gasteiger partial charge in [-0.2, -0.15) is 13.2 Å². The number of carboxylic acid groups (broad SMARTS) is 1. The number of halogens is 3. The van der Waals surface area contributed by atoms with E-state index in [1.165, 1.54) is 35.6 Å². The maximum Gasteiger partial charge on any atom is 0.416 e. The monoisotopic (exact) mass is 443 g/mol. The molecule has 2 aromatic rings. The standard InChI is InChI=1S/C20H20F3NO5S/c1-24(30(27,28)16-6-7-16)11-13-5-8-18(29-12-19(25)26)17(9-13)14-3-2-4-15(10-14)20(21,22)23/h2-5,8-10,16H,6-7,11-12H2,1H3,(H,25,26). The molecular formula is C20H20F3NO5S. The Hall–Kier alpha value is -2.59. The molecule has 30 heavy (non-hydrogen) atoms. The van der Waals surface area contributed by atoms with E-state index in [-0.39, 0.29) is 28.7 Å². The topological polar surface area (TPSA) is 83.9 Å². The van der Waals surface area contributed by atoms with E-state index in [9.17, 15) is 26.4 Å². The van der Waals surface area contributed by atoms with Crippen molar-refractivity contribution in [1.29, 1.82) is 0 Å². The highest BCUT2D eigenvalue weighted by molar-refractivity contribution is 7.90. The second-order valence-corrected chi connectivity index (χ2v) is 9.41. The molecule has 0 spiro atoms. The van der Waals surface area contributed by atoms with Crippen molar-refractivity contribution in [2.45, 2.75) is 30.8 Å². The fourth-order valence-corrected chi connectivity index (χ4v) is 4.57. The van der Waals surface area contributed by atoms with Crippen molar-refractivity contribution in [2.24, 2.45) is 0 Å². The molecule has 0 unspecified atom stereocenters. The molecule has 0 aliphatic heterocycles. The van der Waals surface area contributed by atoms with Crippen LogP contribution in [0.25, 0.3) is 11.1 Å². The number of ether oxygens (including phenoxy) is 1. The van der Waals surface area contributed by atoms with Crippen LogP contribution in [0.3, 0.4) is 0 Å². The van der Waals surface area contributed by atoms with Crippen LogP contribution in [0.1, 0.15) is 24.0 Å². The van der Waals surface area contributed by atoms with E-state index in [1.54, 1.807) is 6.07 Å². The van der Waals surface area contributed by atoms with Crippen molar-refractivity contribution >= 4 is 16.0 Å². The van der Waals surface area contributed by atoms with Crippen LogP contribution in [-0.2, 0) is 27.5 Å². The largest absolute Gasteiger partial charge is 0.481 e. The summed E-state index contributed by atoms with van der Waals surface area (Å²) in [5.74, 6) is -1.14.